The van der Waals surface area contributed by atoms with Gasteiger partial charge in [0.15, 0.2) is 0 Å². The van der Waals surface area contributed by atoms with Crippen LogP contribution < -0.4 is 0 Å². The maximum absolute atomic E-state index is 11.4. The molecule has 3 heteroatoms. The van der Waals surface area contributed by atoms with Crippen molar-refractivity contribution >= 4 is 6.09 Å². The first-order chi connectivity index (χ1) is 6.17. The molecule has 2 atom stereocenters. The Morgan fingerprint density at radius 3 is 3.00 bits per heavy atom. The number of rotatable bonds is 0. The maximum Gasteiger partial charge on any atom is 0.409 e. The molecular weight excluding hydrogens is 166 g/mol. The van der Waals surface area contributed by atoms with E-state index in [2.05, 4.69) is 6.92 Å². The third kappa shape index (κ3) is 1.21. The smallest absolute Gasteiger partial charge is 0.409 e. The van der Waals surface area contributed by atoms with E-state index in [1.165, 1.54) is 20.0 Å². The van der Waals surface area contributed by atoms with E-state index in [1.807, 2.05) is 4.90 Å². The molecule has 1 heterocycles. The van der Waals surface area contributed by atoms with Crippen molar-refractivity contribution in [3.8, 4) is 0 Å². The molecule has 0 aromatic carbocycles. The second-order valence-electron chi connectivity index (χ2n) is 4.48. The van der Waals surface area contributed by atoms with E-state index in [0.29, 0.717) is 11.5 Å². The van der Waals surface area contributed by atoms with E-state index >= 15 is 0 Å². The first-order valence-corrected chi connectivity index (χ1v) is 5.02. The number of hydrogen-bond acceptors (Lipinski definition) is 2. The minimum absolute atomic E-state index is 0.143. The zero-order valence-electron chi connectivity index (χ0n) is 8.38. The molecule has 1 aliphatic heterocycles. The largest absolute Gasteiger partial charge is 0.453 e. The summed E-state index contributed by atoms with van der Waals surface area (Å²) in [5, 5.41) is 0. The number of methoxy groups -OCH3 is 1. The van der Waals surface area contributed by atoms with Crippen molar-refractivity contribution in [2.45, 2.75) is 38.6 Å². The van der Waals surface area contributed by atoms with Gasteiger partial charge in [0, 0.05) is 12.6 Å². The molecule has 0 aromatic rings. The lowest BCUT2D eigenvalue weighted by Gasteiger charge is -2.27. The van der Waals surface area contributed by atoms with Crippen LogP contribution >= 0.6 is 0 Å². The lowest BCUT2D eigenvalue weighted by molar-refractivity contribution is 0.110. The Bertz CT molecular complexity index is 229. The molecule has 0 aromatic heterocycles. The Morgan fingerprint density at radius 1 is 1.54 bits per heavy atom. The Hall–Kier alpha value is -0.730. The van der Waals surface area contributed by atoms with Crippen molar-refractivity contribution < 1.29 is 9.53 Å². The minimum atomic E-state index is -0.143. The van der Waals surface area contributed by atoms with Gasteiger partial charge in [-0.2, -0.15) is 0 Å². The average Bonchev–Trinajstić information content (AvgIpc) is 2.60. The van der Waals surface area contributed by atoms with Crippen molar-refractivity contribution in [3.05, 3.63) is 0 Å². The van der Waals surface area contributed by atoms with E-state index in [4.69, 9.17) is 4.74 Å². The zero-order valence-corrected chi connectivity index (χ0v) is 8.38. The molecule has 1 aliphatic carbocycles. The fraction of sp³-hybridized carbons (Fsp3) is 0.900. The van der Waals surface area contributed by atoms with Gasteiger partial charge in [-0.3, -0.25) is 0 Å². The fourth-order valence-electron chi connectivity index (χ4n) is 2.91. The summed E-state index contributed by atoms with van der Waals surface area (Å²) in [7, 11) is 1.47. The molecule has 74 valence electrons. The van der Waals surface area contributed by atoms with E-state index in [9.17, 15) is 4.79 Å². The number of ether oxygens (including phenoxy) is 1. The van der Waals surface area contributed by atoms with E-state index in [1.54, 1.807) is 0 Å². The lowest BCUT2D eigenvalue weighted by atomic mass is 9.85. The molecule has 2 aliphatic rings. The van der Waals surface area contributed by atoms with Crippen LogP contribution in [0.2, 0.25) is 0 Å². The van der Waals surface area contributed by atoms with E-state index in [-0.39, 0.29) is 6.09 Å². The molecule has 1 saturated heterocycles. The quantitative estimate of drug-likeness (QED) is 0.575. The Labute approximate surface area is 79.0 Å². The summed E-state index contributed by atoms with van der Waals surface area (Å²) in [6, 6.07) is 0.444. The number of carbonyl (C=O) groups is 1. The molecule has 0 radical (unpaired) electrons. The summed E-state index contributed by atoms with van der Waals surface area (Å²) in [6.07, 6.45) is 4.69. The monoisotopic (exact) mass is 183 g/mol. The maximum atomic E-state index is 11.4. The van der Waals surface area contributed by atoms with E-state index < -0.39 is 0 Å². The van der Waals surface area contributed by atoms with Gasteiger partial charge in [-0.05, 0) is 24.7 Å². The molecule has 2 rings (SSSR count). The van der Waals surface area contributed by atoms with Crippen molar-refractivity contribution in [1.29, 1.82) is 0 Å². The predicted octanol–water partition coefficient (Wildman–Crippen LogP) is 2.02. The highest BCUT2D eigenvalue weighted by Crippen LogP contribution is 2.48. The number of hydrogen-bond donors (Lipinski definition) is 0. The Morgan fingerprint density at radius 2 is 2.31 bits per heavy atom. The van der Waals surface area contributed by atoms with Crippen molar-refractivity contribution in [2.75, 3.05) is 13.7 Å². The van der Waals surface area contributed by atoms with Gasteiger partial charge in [0.1, 0.15) is 0 Å². The van der Waals surface area contributed by atoms with Crippen LogP contribution in [0.3, 0.4) is 0 Å². The summed E-state index contributed by atoms with van der Waals surface area (Å²) in [5.74, 6) is 0. The number of fused-ring (bicyclic) bond motifs is 1. The molecule has 0 N–H and O–H groups in total. The van der Waals surface area contributed by atoms with Gasteiger partial charge in [0.2, 0.25) is 0 Å². The van der Waals surface area contributed by atoms with Crippen LogP contribution in [0.1, 0.15) is 32.6 Å². The van der Waals surface area contributed by atoms with Crippen molar-refractivity contribution in [3.63, 3.8) is 0 Å². The van der Waals surface area contributed by atoms with Gasteiger partial charge < -0.3 is 9.64 Å². The fourth-order valence-corrected chi connectivity index (χ4v) is 2.91. The molecule has 0 unspecified atom stereocenters. The van der Waals surface area contributed by atoms with Crippen molar-refractivity contribution in [1.82, 2.24) is 4.90 Å². The number of likely N-dealkylation sites (tertiary alicyclic amines) is 1. The standard InChI is InChI=1S/C10H17NO2/c1-10-5-3-4-8(10)11(7-6-10)9(12)13-2/h8H,3-7H2,1-2H3/t8-,10+/m0/s1. The normalized spacial score (nSPS) is 37.7. The highest BCUT2D eigenvalue weighted by atomic mass is 16.5. The Balaban J connectivity index is 2.13. The summed E-state index contributed by atoms with van der Waals surface area (Å²) < 4.78 is 4.77. The Kier molecular flexibility index (Phi) is 1.97. The molecule has 3 nitrogen and oxygen atoms in total. The highest BCUT2D eigenvalue weighted by Gasteiger charge is 2.48. The van der Waals surface area contributed by atoms with Gasteiger partial charge >= 0.3 is 6.09 Å². The molecule has 13 heavy (non-hydrogen) atoms. The summed E-state index contributed by atoms with van der Waals surface area (Å²) in [5.41, 5.74) is 0.383. The molecule has 0 bridgehead atoms. The first kappa shape index (κ1) is 8.85. The van der Waals surface area contributed by atoms with Gasteiger partial charge in [0.25, 0.3) is 0 Å². The number of carbonyl (C=O) groups excluding carboxylic acids is 1. The van der Waals surface area contributed by atoms with Gasteiger partial charge in [0.05, 0.1) is 7.11 Å². The predicted molar refractivity (Wildman–Crippen MR) is 49.5 cm³/mol. The topological polar surface area (TPSA) is 29.5 Å². The van der Waals surface area contributed by atoms with Gasteiger partial charge in [-0.15, -0.1) is 0 Å². The molecule has 1 saturated carbocycles. The minimum Gasteiger partial charge on any atom is -0.453 e. The van der Waals surface area contributed by atoms with Crippen LogP contribution in [0, 0.1) is 5.41 Å². The van der Waals surface area contributed by atoms with Crippen LogP contribution in [0.4, 0.5) is 4.79 Å². The molecule has 2 fully saturated rings. The van der Waals surface area contributed by atoms with Crippen LogP contribution in [-0.2, 0) is 4.74 Å². The van der Waals surface area contributed by atoms with Crippen LogP contribution in [0.5, 0.6) is 0 Å². The second kappa shape index (κ2) is 2.89. The van der Waals surface area contributed by atoms with Crippen LogP contribution in [0.25, 0.3) is 0 Å². The number of amides is 1. The molecular formula is C10H17NO2. The highest BCUT2D eigenvalue weighted by molar-refractivity contribution is 5.68. The SMILES string of the molecule is COC(=O)N1CC[C@@]2(C)CCC[C@H]12. The third-order valence-electron chi connectivity index (χ3n) is 3.74. The van der Waals surface area contributed by atoms with Gasteiger partial charge in [-0.25, -0.2) is 4.79 Å². The third-order valence-corrected chi connectivity index (χ3v) is 3.74. The van der Waals surface area contributed by atoms with E-state index in [0.717, 1.165) is 19.4 Å². The molecule has 0 spiro atoms. The summed E-state index contributed by atoms with van der Waals surface area (Å²) >= 11 is 0. The first-order valence-electron chi connectivity index (χ1n) is 5.02. The van der Waals surface area contributed by atoms with Crippen LogP contribution in [0.15, 0.2) is 0 Å². The zero-order chi connectivity index (χ0) is 9.47. The van der Waals surface area contributed by atoms with Crippen molar-refractivity contribution in [2.24, 2.45) is 5.41 Å². The number of nitrogens with zero attached hydrogens (tertiary/aromatic N) is 1. The lowest BCUT2D eigenvalue weighted by Crippen LogP contribution is -2.38. The second-order valence-corrected chi connectivity index (χ2v) is 4.48. The summed E-state index contributed by atoms with van der Waals surface area (Å²) in [6.45, 7) is 3.18. The molecule has 1 amide bonds. The van der Waals surface area contributed by atoms with Gasteiger partial charge in [-0.1, -0.05) is 13.3 Å². The summed E-state index contributed by atoms with van der Waals surface area (Å²) in [4.78, 5) is 13.3. The average molecular weight is 183 g/mol. The van der Waals surface area contributed by atoms with Crippen LogP contribution in [-0.4, -0.2) is 30.7 Å².